The molecule has 1 aliphatic rings. The molecule has 0 saturated carbocycles. The van der Waals surface area contributed by atoms with Crippen LogP contribution >= 0.6 is 11.8 Å². The maximum absolute atomic E-state index is 5.84. The minimum Gasteiger partial charge on any atom is -0.356 e. The van der Waals surface area contributed by atoms with Crippen molar-refractivity contribution in [2.45, 2.75) is 39.2 Å². The van der Waals surface area contributed by atoms with Gasteiger partial charge in [-0.1, -0.05) is 20.8 Å². The van der Waals surface area contributed by atoms with Gasteiger partial charge in [0, 0.05) is 36.5 Å². The fourth-order valence-electron chi connectivity index (χ4n) is 2.21. The van der Waals surface area contributed by atoms with Gasteiger partial charge in [-0.05, 0) is 29.9 Å². The van der Waals surface area contributed by atoms with Gasteiger partial charge in [0.2, 0.25) is 0 Å². The molecule has 0 bridgehead atoms. The summed E-state index contributed by atoms with van der Waals surface area (Å²) < 4.78 is 0. The summed E-state index contributed by atoms with van der Waals surface area (Å²) in [6, 6.07) is 4.31. The Morgan fingerprint density at radius 3 is 2.74 bits per heavy atom. The van der Waals surface area contributed by atoms with E-state index in [2.05, 4.69) is 37.8 Å². The minimum absolute atomic E-state index is 0.0700. The van der Waals surface area contributed by atoms with Crippen LogP contribution in [-0.2, 0) is 12.0 Å². The molecule has 2 heterocycles. The maximum atomic E-state index is 5.84. The minimum atomic E-state index is 0.0700. The zero-order valence-corrected chi connectivity index (χ0v) is 13.1. The highest BCUT2D eigenvalue weighted by Crippen LogP contribution is 2.26. The fraction of sp³-hybridized carbons (Fsp3) is 0.667. The summed E-state index contributed by atoms with van der Waals surface area (Å²) in [7, 11) is 0. The smallest absolute Gasteiger partial charge is 0.129 e. The predicted octanol–water partition coefficient (Wildman–Crippen LogP) is 2.78. The third-order valence-corrected chi connectivity index (χ3v) is 4.47. The molecule has 2 rings (SSSR count). The van der Waals surface area contributed by atoms with Crippen molar-refractivity contribution in [2.24, 2.45) is 5.73 Å². The normalized spacial score (nSPS) is 17.4. The number of anilines is 1. The first-order valence-electron chi connectivity index (χ1n) is 7.05. The number of nitrogens with two attached hydrogens (primary N) is 1. The van der Waals surface area contributed by atoms with Gasteiger partial charge in [0.25, 0.3) is 0 Å². The zero-order chi connectivity index (χ0) is 13.9. The quantitative estimate of drug-likeness (QED) is 0.904. The molecule has 0 amide bonds. The first-order chi connectivity index (χ1) is 9.00. The number of nitrogens with zero attached hydrogens (tertiary/aromatic N) is 2. The van der Waals surface area contributed by atoms with Gasteiger partial charge < -0.3 is 10.6 Å². The summed E-state index contributed by atoms with van der Waals surface area (Å²) in [6.45, 7) is 9.40. The summed E-state index contributed by atoms with van der Waals surface area (Å²) in [5, 5.41) is 0. The van der Waals surface area contributed by atoms with E-state index in [1.165, 1.54) is 23.5 Å². The average molecular weight is 279 g/mol. The van der Waals surface area contributed by atoms with Gasteiger partial charge in [0.15, 0.2) is 0 Å². The first-order valence-corrected chi connectivity index (χ1v) is 8.20. The molecule has 0 radical (unpaired) electrons. The van der Waals surface area contributed by atoms with Gasteiger partial charge in [0.05, 0.1) is 0 Å². The van der Waals surface area contributed by atoms with Gasteiger partial charge in [-0.3, -0.25) is 0 Å². The van der Waals surface area contributed by atoms with Crippen LogP contribution in [0.1, 0.15) is 38.4 Å². The molecule has 0 unspecified atom stereocenters. The van der Waals surface area contributed by atoms with E-state index in [9.17, 15) is 0 Å². The average Bonchev–Trinajstić information content (AvgIpc) is 2.66. The number of pyridine rings is 1. The van der Waals surface area contributed by atoms with E-state index in [0.29, 0.717) is 6.54 Å². The molecule has 0 atom stereocenters. The SMILES string of the molecule is CC(C)(C)c1cc(CN)cc(N2CCCSCC2)n1. The third kappa shape index (κ3) is 3.86. The summed E-state index contributed by atoms with van der Waals surface area (Å²) >= 11 is 2.04. The Bertz CT molecular complexity index is 418. The van der Waals surface area contributed by atoms with Crippen molar-refractivity contribution in [3.63, 3.8) is 0 Å². The summed E-state index contributed by atoms with van der Waals surface area (Å²) in [5.74, 6) is 3.56. The summed E-state index contributed by atoms with van der Waals surface area (Å²) in [5.41, 5.74) is 8.24. The van der Waals surface area contributed by atoms with Crippen LogP contribution in [0.4, 0.5) is 5.82 Å². The van der Waals surface area contributed by atoms with E-state index in [-0.39, 0.29) is 5.41 Å². The molecule has 0 spiro atoms. The molecule has 19 heavy (non-hydrogen) atoms. The Balaban J connectivity index is 2.33. The van der Waals surface area contributed by atoms with Crippen LogP contribution in [0.25, 0.3) is 0 Å². The van der Waals surface area contributed by atoms with Gasteiger partial charge >= 0.3 is 0 Å². The predicted molar refractivity (Wildman–Crippen MR) is 85.0 cm³/mol. The second kappa shape index (κ2) is 6.14. The van der Waals surface area contributed by atoms with Crippen LogP contribution in [0, 0.1) is 0 Å². The third-order valence-electron chi connectivity index (χ3n) is 3.42. The van der Waals surface area contributed by atoms with E-state index in [4.69, 9.17) is 10.7 Å². The molecule has 1 aromatic heterocycles. The number of hydrogen-bond donors (Lipinski definition) is 1. The standard InChI is InChI=1S/C15H25N3S/c1-15(2,3)13-9-12(11-16)10-14(17-13)18-5-4-7-19-8-6-18/h9-10H,4-8,11,16H2,1-3H3. The largest absolute Gasteiger partial charge is 0.356 e. The lowest BCUT2D eigenvalue weighted by molar-refractivity contribution is 0.566. The molecule has 1 aromatic rings. The van der Waals surface area contributed by atoms with Crippen molar-refractivity contribution >= 4 is 17.6 Å². The van der Waals surface area contributed by atoms with Gasteiger partial charge in [-0.15, -0.1) is 0 Å². The monoisotopic (exact) mass is 279 g/mol. The van der Waals surface area contributed by atoms with Crippen LogP contribution in [0.15, 0.2) is 12.1 Å². The molecule has 1 aliphatic heterocycles. The van der Waals surface area contributed by atoms with E-state index in [0.717, 1.165) is 24.6 Å². The Labute approximate surface area is 121 Å². The van der Waals surface area contributed by atoms with Gasteiger partial charge in [0.1, 0.15) is 5.82 Å². The summed E-state index contributed by atoms with van der Waals surface area (Å²) in [4.78, 5) is 7.29. The summed E-state index contributed by atoms with van der Waals surface area (Å²) in [6.07, 6.45) is 1.24. The van der Waals surface area contributed by atoms with E-state index >= 15 is 0 Å². The van der Waals surface area contributed by atoms with E-state index in [1.54, 1.807) is 0 Å². The molecule has 1 saturated heterocycles. The first kappa shape index (κ1) is 14.7. The van der Waals surface area contributed by atoms with E-state index in [1.807, 2.05) is 11.8 Å². The molecule has 106 valence electrons. The van der Waals surface area contributed by atoms with Crippen molar-refractivity contribution in [1.29, 1.82) is 0 Å². The van der Waals surface area contributed by atoms with E-state index < -0.39 is 0 Å². The second-order valence-corrected chi connectivity index (χ2v) is 7.35. The fourth-order valence-corrected chi connectivity index (χ4v) is 3.10. The second-order valence-electron chi connectivity index (χ2n) is 6.13. The zero-order valence-electron chi connectivity index (χ0n) is 12.3. The van der Waals surface area contributed by atoms with Gasteiger partial charge in [-0.25, -0.2) is 4.98 Å². The lowest BCUT2D eigenvalue weighted by Crippen LogP contribution is -2.28. The number of hydrogen-bond acceptors (Lipinski definition) is 4. The van der Waals surface area contributed by atoms with Gasteiger partial charge in [-0.2, -0.15) is 11.8 Å². The Kier molecular flexibility index (Phi) is 4.74. The molecule has 3 nitrogen and oxygen atoms in total. The molecule has 0 aliphatic carbocycles. The molecular weight excluding hydrogens is 254 g/mol. The Morgan fingerprint density at radius 2 is 2.05 bits per heavy atom. The Morgan fingerprint density at radius 1 is 1.26 bits per heavy atom. The highest BCUT2D eigenvalue weighted by Gasteiger charge is 2.19. The molecule has 1 fully saturated rings. The Hall–Kier alpha value is -0.740. The van der Waals surface area contributed by atoms with Crippen molar-refractivity contribution < 1.29 is 0 Å². The van der Waals surface area contributed by atoms with Crippen LogP contribution < -0.4 is 10.6 Å². The highest BCUT2D eigenvalue weighted by molar-refractivity contribution is 7.99. The van der Waals surface area contributed by atoms with Crippen LogP contribution in [0.3, 0.4) is 0 Å². The number of thioether (sulfide) groups is 1. The number of aromatic nitrogens is 1. The van der Waals surface area contributed by atoms with Crippen LogP contribution in [0.5, 0.6) is 0 Å². The lowest BCUT2D eigenvalue weighted by Gasteiger charge is -2.25. The van der Waals surface area contributed by atoms with Crippen molar-refractivity contribution in [3.05, 3.63) is 23.4 Å². The molecule has 2 N–H and O–H groups in total. The molecule has 4 heteroatoms. The van der Waals surface area contributed by atoms with Crippen molar-refractivity contribution in [3.8, 4) is 0 Å². The van der Waals surface area contributed by atoms with Crippen molar-refractivity contribution in [2.75, 3.05) is 29.5 Å². The van der Waals surface area contributed by atoms with Crippen molar-refractivity contribution in [1.82, 2.24) is 4.98 Å². The maximum Gasteiger partial charge on any atom is 0.129 e. The molecular formula is C15H25N3S. The van der Waals surface area contributed by atoms with Crippen LogP contribution in [0.2, 0.25) is 0 Å². The topological polar surface area (TPSA) is 42.1 Å². The molecule has 0 aromatic carbocycles. The highest BCUT2D eigenvalue weighted by atomic mass is 32.2. The lowest BCUT2D eigenvalue weighted by atomic mass is 9.90. The van der Waals surface area contributed by atoms with Crippen LogP contribution in [-0.4, -0.2) is 29.6 Å². The number of rotatable bonds is 2.